The number of hydrogen-bond donors (Lipinski definition) is 3. The van der Waals surface area contributed by atoms with Gasteiger partial charge in [-0.2, -0.15) is 0 Å². The van der Waals surface area contributed by atoms with Gasteiger partial charge >= 0.3 is 7.82 Å². The molecule has 0 saturated heterocycles. The van der Waals surface area contributed by atoms with E-state index in [0.717, 1.165) is 44.9 Å². The Bertz CT molecular complexity index is 1170. The number of phosphoric acid groups is 1. The van der Waals surface area contributed by atoms with Gasteiger partial charge in [-0.3, -0.25) is 13.8 Å². The van der Waals surface area contributed by atoms with E-state index >= 15 is 0 Å². The molecule has 0 fully saturated rings. The average molecular weight is 953 g/mol. The van der Waals surface area contributed by atoms with Gasteiger partial charge in [0.1, 0.15) is 13.2 Å². The van der Waals surface area contributed by atoms with Gasteiger partial charge in [0, 0.05) is 6.42 Å². The Morgan fingerprint density at radius 2 is 0.864 bits per heavy atom. The number of quaternary nitrogens is 1. The van der Waals surface area contributed by atoms with Gasteiger partial charge in [0.25, 0.3) is 0 Å². The molecule has 0 aliphatic heterocycles. The number of unbranched alkanes of at least 4 members (excludes halogenated alkanes) is 35. The molecule has 8 nitrogen and oxygen atoms in total. The number of nitrogens with one attached hydrogen (secondary N) is 1. The van der Waals surface area contributed by atoms with Gasteiger partial charge in [-0.05, 0) is 51.4 Å². The zero-order valence-corrected chi connectivity index (χ0v) is 45.3. The number of rotatable bonds is 52. The second-order valence-electron chi connectivity index (χ2n) is 20.7. The average Bonchev–Trinajstić information content (AvgIpc) is 3.28. The van der Waals surface area contributed by atoms with Crippen molar-refractivity contribution >= 4 is 13.7 Å². The highest BCUT2D eigenvalue weighted by atomic mass is 31.2. The molecule has 0 rings (SSSR count). The summed E-state index contributed by atoms with van der Waals surface area (Å²) in [6.07, 6.45) is 63.2. The molecule has 0 aliphatic carbocycles. The van der Waals surface area contributed by atoms with Crippen molar-refractivity contribution < 1.29 is 32.9 Å². The summed E-state index contributed by atoms with van der Waals surface area (Å²) in [6, 6.07) is -0.858. The number of hydrogen-bond acceptors (Lipinski definition) is 5. The Labute approximate surface area is 410 Å². The first-order valence-electron chi connectivity index (χ1n) is 28.4. The van der Waals surface area contributed by atoms with Crippen molar-refractivity contribution in [1.29, 1.82) is 0 Å². The van der Waals surface area contributed by atoms with Crippen LogP contribution in [0.1, 0.15) is 271 Å². The first kappa shape index (κ1) is 64.7. The van der Waals surface area contributed by atoms with Crippen molar-refractivity contribution in [3.8, 4) is 0 Å². The van der Waals surface area contributed by atoms with Gasteiger partial charge in [0.2, 0.25) is 5.91 Å². The predicted molar refractivity (Wildman–Crippen MR) is 286 cm³/mol. The lowest BCUT2D eigenvalue weighted by Gasteiger charge is -2.25. The van der Waals surface area contributed by atoms with Crippen molar-refractivity contribution in [3.63, 3.8) is 0 Å². The minimum Gasteiger partial charge on any atom is -0.387 e. The molecule has 0 aromatic rings. The molecule has 0 aromatic carbocycles. The molecule has 3 unspecified atom stereocenters. The number of phosphoric ester groups is 1. The highest BCUT2D eigenvalue weighted by Crippen LogP contribution is 2.43. The van der Waals surface area contributed by atoms with E-state index in [-0.39, 0.29) is 19.1 Å². The second kappa shape index (κ2) is 48.7. The number of aliphatic hydroxyl groups excluding tert-OH is 1. The molecule has 0 heterocycles. The van der Waals surface area contributed by atoms with Crippen LogP contribution in [-0.4, -0.2) is 73.4 Å². The Kier molecular flexibility index (Phi) is 47.8. The summed E-state index contributed by atoms with van der Waals surface area (Å²) < 4.78 is 23.5. The number of carbonyl (C=O) groups excluding carboxylic acids is 1. The van der Waals surface area contributed by atoms with Gasteiger partial charge in [0.05, 0.1) is 39.9 Å². The summed E-state index contributed by atoms with van der Waals surface area (Å²) in [4.78, 5) is 23.1. The third-order valence-electron chi connectivity index (χ3n) is 12.8. The standard InChI is InChI=1S/C57H111N2O6P/c1-6-8-10-12-14-15-16-17-18-19-20-21-22-23-24-25-26-27-28-29-30-31-32-33-34-35-36-37-38-39-40-41-42-43-45-47-49-51-57(61)58-55(56(60)50-48-46-44-13-11-9-7-2)54-65-66(62,63)64-53-52-59(3,4)5/h11,13,19-20,48,50,55-56,60H,6-10,12,14-18,21-47,49,51-54H2,1-5H3,(H-,58,61,62,63)/p+1/b13-11+,20-19-,50-48+. The number of nitrogens with zero attached hydrogens (tertiary/aromatic N) is 1. The molecule has 0 bridgehead atoms. The predicted octanol–water partition coefficient (Wildman–Crippen LogP) is 17.0. The summed E-state index contributed by atoms with van der Waals surface area (Å²) in [7, 11) is 1.56. The van der Waals surface area contributed by atoms with E-state index in [9.17, 15) is 19.4 Å². The molecule has 0 aromatic heterocycles. The molecule has 1 amide bonds. The molecule has 0 saturated carbocycles. The van der Waals surface area contributed by atoms with Gasteiger partial charge in [0.15, 0.2) is 0 Å². The fourth-order valence-corrected chi connectivity index (χ4v) is 9.09. The minimum atomic E-state index is -4.34. The first-order valence-corrected chi connectivity index (χ1v) is 29.9. The van der Waals surface area contributed by atoms with Crippen LogP contribution in [0.2, 0.25) is 0 Å². The molecule has 3 N–H and O–H groups in total. The lowest BCUT2D eigenvalue weighted by molar-refractivity contribution is -0.870. The van der Waals surface area contributed by atoms with E-state index in [1.165, 1.54) is 205 Å². The first-order chi connectivity index (χ1) is 32.0. The van der Waals surface area contributed by atoms with Crippen molar-refractivity contribution in [3.05, 3.63) is 36.5 Å². The van der Waals surface area contributed by atoms with Crippen LogP contribution in [0.4, 0.5) is 0 Å². The van der Waals surface area contributed by atoms with Crippen LogP contribution in [0, 0.1) is 0 Å². The summed E-state index contributed by atoms with van der Waals surface area (Å²) >= 11 is 0. The smallest absolute Gasteiger partial charge is 0.387 e. The number of amides is 1. The molecule has 66 heavy (non-hydrogen) atoms. The van der Waals surface area contributed by atoms with Crippen LogP contribution >= 0.6 is 7.82 Å². The maximum atomic E-state index is 12.8. The number of likely N-dealkylation sites (N-methyl/N-ethyl adjacent to an activating group) is 1. The summed E-state index contributed by atoms with van der Waals surface area (Å²) in [5, 5.41) is 13.7. The van der Waals surface area contributed by atoms with Crippen molar-refractivity contribution in [1.82, 2.24) is 5.32 Å². The number of aliphatic hydroxyl groups is 1. The zero-order chi connectivity index (χ0) is 48.5. The molecular weight excluding hydrogens is 840 g/mol. The van der Waals surface area contributed by atoms with Crippen molar-refractivity contribution in [2.24, 2.45) is 0 Å². The molecule has 9 heteroatoms. The topological polar surface area (TPSA) is 105 Å². The number of allylic oxidation sites excluding steroid dienone is 5. The van der Waals surface area contributed by atoms with Crippen LogP contribution in [0.5, 0.6) is 0 Å². The Morgan fingerprint density at radius 1 is 0.500 bits per heavy atom. The largest absolute Gasteiger partial charge is 0.472 e. The third kappa shape index (κ3) is 50.6. The van der Waals surface area contributed by atoms with Gasteiger partial charge in [-0.25, -0.2) is 4.57 Å². The van der Waals surface area contributed by atoms with E-state index in [1.54, 1.807) is 6.08 Å². The lowest BCUT2D eigenvalue weighted by atomic mass is 10.0. The molecule has 0 spiro atoms. The molecule has 3 atom stereocenters. The SMILES string of the molecule is CCC/C=C/CC/C=C/C(O)C(COP(=O)(O)OCC[N+](C)(C)C)NC(=O)CCCCCCCCCCCCCCCCCCCCCCCCCCC/C=C\CCCCCCCCCC. The molecule has 390 valence electrons. The normalized spacial score (nSPS) is 14.2. The van der Waals surface area contributed by atoms with Crippen LogP contribution < -0.4 is 5.32 Å². The Hall–Kier alpha value is -1.28. The highest BCUT2D eigenvalue weighted by Gasteiger charge is 2.27. The van der Waals surface area contributed by atoms with E-state index in [4.69, 9.17) is 9.05 Å². The van der Waals surface area contributed by atoms with E-state index in [1.807, 2.05) is 27.2 Å². The van der Waals surface area contributed by atoms with Crippen molar-refractivity contribution in [2.45, 2.75) is 283 Å². The minimum absolute atomic E-state index is 0.0569. The molecular formula is C57H112N2O6P+. The van der Waals surface area contributed by atoms with Gasteiger partial charge < -0.3 is 19.8 Å². The molecule has 0 radical (unpaired) electrons. The van der Waals surface area contributed by atoms with E-state index < -0.39 is 20.0 Å². The Morgan fingerprint density at radius 3 is 1.27 bits per heavy atom. The van der Waals surface area contributed by atoms with Crippen LogP contribution in [0.3, 0.4) is 0 Å². The van der Waals surface area contributed by atoms with Crippen LogP contribution in [0.15, 0.2) is 36.5 Å². The maximum Gasteiger partial charge on any atom is 0.472 e. The third-order valence-corrected chi connectivity index (χ3v) is 13.8. The zero-order valence-electron chi connectivity index (χ0n) is 44.4. The lowest BCUT2D eigenvalue weighted by Crippen LogP contribution is -2.45. The monoisotopic (exact) mass is 952 g/mol. The van der Waals surface area contributed by atoms with Crippen LogP contribution in [0.25, 0.3) is 0 Å². The van der Waals surface area contributed by atoms with Gasteiger partial charge in [-0.15, -0.1) is 0 Å². The summed E-state index contributed by atoms with van der Waals surface area (Å²) in [5.74, 6) is -0.188. The molecule has 0 aliphatic rings. The Balaban J connectivity index is 3.76. The van der Waals surface area contributed by atoms with E-state index in [0.29, 0.717) is 17.4 Å². The maximum absolute atomic E-state index is 12.8. The summed E-state index contributed by atoms with van der Waals surface area (Å²) in [6.45, 7) is 4.70. The van der Waals surface area contributed by atoms with E-state index in [2.05, 4.69) is 43.5 Å². The van der Waals surface area contributed by atoms with Gasteiger partial charge in [-0.1, -0.05) is 249 Å². The fraction of sp³-hybridized carbons (Fsp3) is 0.877. The number of carbonyl (C=O) groups is 1. The quantitative estimate of drug-likeness (QED) is 0.0243. The highest BCUT2D eigenvalue weighted by molar-refractivity contribution is 7.47. The second-order valence-corrected chi connectivity index (χ2v) is 22.1. The van der Waals surface area contributed by atoms with Crippen molar-refractivity contribution in [2.75, 3.05) is 40.9 Å². The summed E-state index contributed by atoms with van der Waals surface area (Å²) in [5.41, 5.74) is 0. The fourth-order valence-electron chi connectivity index (χ4n) is 8.36. The van der Waals surface area contributed by atoms with Crippen LogP contribution in [-0.2, 0) is 18.4 Å².